The number of urea groups is 1. The molecular formula is C31H35N5O3S. The lowest BCUT2D eigenvalue weighted by Crippen LogP contribution is -2.50. The van der Waals surface area contributed by atoms with Gasteiger partial charge in [0.25, 0.3) is 0 Å². The first-order chi connectivity index (χ1) is 19.5. The first kappa shape index (κ1) is 26.4. The summed E-state index contributed by atoms with van der Waals surface area (Å²) in [5, 5.41) is 4.23. The van der Waals surface area contributed by atoms with Gasteiger partial charge in [0, 0.05) is 61.4 Å². The van der Waals surface area contributed by atoms with Crippen LogP contribution in [0, 0.1) is 5.92 Å². The van der Waals surface area contributed by atoms with Gasteiger partial charge in [0.2, 0.25) is 0 Å². The number of benzene rings is 2. The number of hydrogen-bond donors (Lipinski definition) is 1. The number of methoxy groups -OCH3 is 2. The number of rotatable bonds is 6. The van der Waals surface area contributed by atoms with Crippen LogP contribution in [0.25, 0.3) is 10.2 Å². The molecule has 40 heavy (non-hydrogen) atoms. The van der Waals surface area contributed by atoms with Crippen LogP contribution in [0.1, 0.15) is 35.2 Å². The summed E-state index contributed by atoms with van der Waals surface area (Å²) >= 11 is 1.85. The highest BCUT2D eigenvalue weighted by molar-refractivity contribution is 7.19. The first-order valence-electron chi connectivity index (χ1n) is 13.9. The number of carbonyl (C=O) groups is 1. The summed E-state index contributed by atoms with van der Waals surface area (Å²) in [6.45, 7) is 4.98. The molecule has 2 aromatic heterocycles. The molecular weight excluding hydrogens is 522 g/mol. The Hall–Kier alpha value is -3.85. The van der Waals surface area contributed by atoms with Crippen molar-refractivity contribution in [2.45, 2.75) is 32.6 Å². The van der Waals surface area contributed by atoms with Crippen molar-refractivity contribution < 1.29 is 14.3 Å². The van der Waals surface area contributed by atoms with Crippen molar-refractivity contribution in [2.75, 3.05) is 50.6 Å². The number of fused-ring (bicyclic) bond motifs is 3. The Morgan fingerprint density at radius 2 is 1.75 bits per heavy atom. The van der Waals surface area contributed by atoms with E-state index in [1.54, 1.807) is 32.4 Å². The molecule has 1 N–H and O–H groups in total. The summed E-state index contributed by atoms with van der Waals surface area (Å²) in [7, 11) is 3.19. The largest absolute Gasteiger partial charge is 0.497 e. The number of amides is 2. The van der Waals surface area contributed by atoms with Crippen LogP contribution in [0.4, 0.5) is 16.3 Å². The molecule has 2 aliphatic rings. The molecule has 1 atom stereocenters. The Bertz CT molecular complexity index is 1490. The van der Waals surface area contributed by atoms with Crippen molar-refractivity contribution in [1.29, 1.82) is 0 Å². The summed E-state index contributed by atoms with van der Waals surface area (Å²) in [6.07, 6.45) is 4.10. The predicted molar refractivity (Wildman–Crippen MR) is 160 cm³/mol. The Kier molecular flexibility index (Phi) is 7.47. The Labute approximate surface area is 238 Å². The number of carbonyl (C=O) groups excluding carboxylic acids is 1. The smallest absolute Gasteiger partial charge is 0.321 e. The maximum atomic E-state index is 13.2. The van der Waals surface area contributed by atoms with E-state index in [2.05, 4.69) is 41.4 Å². The molecule has 3 heterocycles. The van der Waals surface area contributed by atoms with Crippen molar-refractivity contribution in [3.05, 3.63) is 70.4 Å². The van der Waals surface area contributed by atoms with Gasteiger partial charge in [-0.3, -0.25) is 0 Å². The number of ether oxygens (including phenoxy) is 2. The third kappa shape index (κ3) is 5.43. The summed E-state index contributed by atoms with van der Waals surface area (Å²) in [5.41, 5.74) is 3.29. The van der Waals surface area contributed by atoms with Crippen LogP contribution >= 0.6 is 11.3 Å². The minimum Gasteiger partial charge on any atom is -0.497 e. The molecule has 1 saturated heterocycles. The minimum absolute atomic E-state index is 0.130. The molecule has 4 aromatic rings. The van der Waals surface area contributed by atoms with Crippen molar-refractivity contribution in [1.82, 2.24) is 14.9 Å². The molecule has 1 fully saturated rings. The molecule has 2 amide bonds. The lowest BCUT2D eigenvalue weighted by Gasteiger charge is -2.36. The van der Waals surface area contributed by atoms with Gasteiger partial charge in [0.15, 0.2) is 0 Å². The number of hydrogen-bond acceptors (Lipinski definition) is 7. The average molecular weight is 558 g/mol. The third-order valence-corrected chi connectivity index (χ3v) is 9.00. The third-order valence-electron chi connectivity index (χ3n) is 7.86. The van der Waals surface area contributed by atoms with E-state index in [0.717, 1.165) is 29.3 Å². The number of nitrogens with zero attached hydrogens (tertiary/aromatic N) is 4. The fraction of sp³-hybridized carbons (Fsp3) is 0.387. The van der Waals surface area contributed by atoms with Gasteiger partial charge < -0.3 is 24.6 Å². The zero-order valence-corrected chi connectivity index (χ0v) is 24.1. The maximum absolute atomic E-state index is 13.2. The quantitative estimate of drug-likeness (QED) is 0.324. The second kappa shape index (κ2) is 11.3. The van der Waals surface area contributed by atoms with Crippen LogP contribution in [0.5, 0.6) is 11.5 Å². The first-order valence-corrected chi connectivity index (χ1v) is 14.7. The van der Waals surface area contributed by atoms with E-state index in [-0.39, 0.29) is 6.03 Å². The van der Waals surface area contributed by atoms with Crippen molar-refractivity contribution in [2.24, 2.45) is 5.92 Å². The van der Waals surface area contributed by atoms with Gasteiger partial charge in [-0.05, 0) is 36.3 Å². The molecule has 1 aliphatic heterocycles. The Morgan fingerprint density at radius 3 is 2.45 bits per heavy atom. The van der Waals surface area contributed by atoms with Crippen LogP contribution in [-0.4, -0.2) is 61.3 Å². The highest BCUT2D eigenvalue weighted by Crippen LogP contribution is 2.41. The molecule has 9 heteroatoms. The van der Waals surface area contributed by atoms with Gasteiger partial charge in [0.05, 0.1) is 19.6 Å². The molecule has 1 unspecified atom stereocenters. The number of piperazine rings is 1. The topological polar surface area (TPSA) is 79.8 Å². The molecule has 8 nitrogen and oxygen atoms in total. The molecule has 6 rings (SSSR count). The van der Waals surface area contributed by atoms with Crippen molar-refractivity contribution in [3.63, 3.8) is 0 Å². The van der Waals surface area contributed by atoms with Gasteiger partial charge in [0.1, 0.15) is 28.0 Å². The van der Waals surface area contributed by atoms with Crippen molar-refractivity contribution in [3.8, 4) is 11.5 Å². The van der Waals surface area contributed by atoms with Gasteiger partial charge in [-0.2, -0.15) is 0 Å². The number of nitrogens with one attached hydrogen (secondary N) is 1. The predicted octanol–water partition coefficient (Wildman–Crippen LogP) is 5.78. The molecule has 208 valence electrons. The number of anilines is 2. The van der Waals surface area contributed by atoms with Crippen LogP contribution in [-0.2, 0) is 19.3 Å². The fourth-order valence-electron chi connectivity index (χ4n) is 5.66. The zero-order chi connectivity index (χ0) is 27.6. The minimum atomic E-state index is -0.130. The van der Waals surface area contributed by atoms with E-state index in [9.17, 15) is 4.79 Å². The summed E-state index contributed by atoms with van der Waals surface area (Å²) < 4.78 is 10.7. The van der Waals surface area contributed by atoms with Crippen LogP contribution in [0.15, 0.2) is 48.5 Å². The maximum Gasteiger partial charge on any atom is 0.321 e. The number of aryl methyl sites for hydroxylation is 1. The lowest BCUT2D eigenvalue weighted by molar-refractivity contribution is 0.208. The van der Waals surface area contributed by atoms with Crippen LogP contribution in [0.2, 0.25) is 0 Å². The van der Waals surface area contributed by atoms with Gasteiger partial charge in [-0.25, -0.2) is 14.8 Å². The fourth-order valence-corrected chi connectivity index (χ4v) is 7.05. The molecule has 0 bridgehead atoms. The summed E-state index contributed by atoms with van der Waals surface area (Å²) in [6, 6.07) is 15.7. The van der Waals surface area contributed by atoms with E-state index in [1.807, 2.05) is 22.3 Å². The Balaban J connectivity index is 1.24. The molecule has 0 radical (unpaired) electrons. The van der Waals surface area contributed by atoms with Gasteiger partial charge in [-0.15, -0.1) is 11.3 Å². The van der Waals surface area contributed by atoms with Gasteiger partial charge in [-0.1, -0.05) is 37.3 Å². The van der Waals surface area contributed by atoms with Crippen LogP contribution < -0.4 is 19.7 Å². The van der Waals surface area contributed by atoms with E-state index in [1.165, 1.54) is 27.8 Å². The Morgan fingerprint density at radius 1 is 1.02 bits per heavy atom. The highest BCUT2D eigenvalue weighted by atomic mass is 32.1. The standard InChI is InChI=1S/C31H35N5O3S/c1-20-9-10-25-26(15-20)40-30-28(25)29(33-27(34-30)16-21-7-5-4-6-8-21)35-11-13-36(14-12-35)31(37)32-22-17-23(38-2)19-24(18-22)39-3/h4-8,17-20H,9-16H2,1-3H3,(H,32,37). The number of aromatic nitrogens is 2. The molecule has 0 saturated carbocycles. The SMILES string of the molecule is COc1cc(NC(=O)N2CCN(c3nc(Cc4ccccc4)nc4sc5c(c34)CCC(C)C5)CC2)cc(OC)c1. The zero-order valence-electron chi connectivity index (χ0n) is 23.3. The van der Waals surface area contributed by atoms with E-state index in [4.69, 9.17) is 19.4 Å². The van der Waals surface area contributed by atoms with E-state index in [0.29, 0.717) is 55.7 Å². The second-order valence-corrected chi connectivity index (χ2v) is 11.7. The second-order valence-electron chi connectivity index (χ2n) is 10.7. The number of thiophene rings is 1. The van der Waals surface area contributed by atoms with E-state index >= 15 is 0 Å². The van der Waals surface area contributed by atoms with Crippen molar-refractivity contribution >= 4 is 39.1 Å². The highest BCUT2D eigenvalue weighted by Gasteiger charge is 2.29. The average Bonchev–Trinajstić information content (AvgIpc) is 3.34. The molecule has 0 spiro atoms. The molecule has 2 aromatic carbocycles. The van der Waals surface area contributed by atoms with Gasteiger partial charge >= 0.3 is 6.03 Å². The van der Waals surface area contributed by atoms with E-state index < -0.39 is 0 Å². The summed E-state index contributed by atoms with van der Waals surface area (Å²) in [4.78, 5) is 30.2. The molecule has 1 aliphatic carbocycles. The normalized spacial score (nSPS) is 17.0. The lowest BCUT2D eigenvalue weighted by atomic mass is 9.89. The summed E-state index contributed by atoms with van der Waals surface area (Å²) in [5.74, 6) is 3.85. The monoisotopic (exact) mass is 557 g/mol. The van der Waals surface area contributed by atoms with Crippen LogP contribution in [0.3, 0.4) is 0 Å².